The standard InChI is InChI=1S/C27H33FN6O3/c1-3-29-26-12-23-21(14-30-26)27(18-13-31-33(15-18)16-24(36)17(2)35)32-34(23)19-8-10-20(11-9-19)37-25-7-5-4-6-22(25)28/h4-7,12-15,17,19-20,24,35-36H,3,8-11,16H2,1-2H3,(H,29,30)/t17-,19-,20+,24-/m0/s1. The van der Waals surface area contributed by atoms with Crippen LogP contribution in [-0.4, -0.2) is 59.6 Å². The molecule has 196 valence electrons. The van der Waals surface area contributed by atoms with Crippen LogP contribution < -0.4 is 10.1 Å². The second-order valence-electron chi connectivity index (χ2n) is 9.65. The van der Waals surface area contributed by atoms with Crippen LogP contribution in [-0.2, 0) is 6.54 Å². The molecule has 4 aromatic rings. The van der Waals surface area contributed by atoms with Crippen molar-refractivity contribution in [3.8, 4) is 17.0 Å². The van der Waals surface area contributed by atoms with E-state index in [1.807, 2.05) is 25.4 Å². The van der Waals surface area contributed by atoms with E-state index in [0.717, 1.165) is 60.2 Å². The average Bonchev–Trinajstić information content (AvgIpc) is 3.50. The van der Waals surface area contributed by atoms with E-state index in [2.05, 4.69) is 20.1 Å². The molecule has 1 aromatic carbocycles. The minimum atomic E-state index is -0.909. The van der Waals surface area contributed by atoms with Crippen molar-refractivity contribution in [1.29, 1.82) is 0 Å². The zero-order chi connectivity index (χ0) is 25.9. The van der Waals surface area contributed by atoms with E-state index in [0.29, 0.717) is 5.75 Å². The second kappa shape index (κ2) is 10.9. The van der Waals surface area contributed by atoms with Crippen LogP contribution in [0.3, 0.4) is 0 Å². The van der Waals surface area contributed by atoms with Gasteiger partial charge in [-0.3, -0.25) is 9.36 Å². The number of nitrogens with one attached hydrogen (secondary N) is 1. The number of aliphatic hydroxyl groups excluding tert-OH is 2. The number of hydrogen-bond acceptors (Lipinski definition) is 7. The summed E-state index contributed by atoms with van der Waals surface area (Å²) >= 11 is 0. The number of halogens is 1. The van der Waals surface area contributed by atoms with E-state index >= 15 is 0 Å². The minimum Gasteiger partial charge on any atom is -0.487 e. The lowest BCUT2D eigenvalue weighted by atomic mass is 9.93. The van der Waals surface area contributed by atoms with E-state index in [4.69, 9.17) is 9.84 Å². The monoisotopic (exact) mass is 508 g/mol. The molecule has 3 aromatic heterocycles. The average molecular weight is 509 g/mol. The van der Waals surface area contributed by atoms with Gasteiger partial charge < -0.3 is 20.3 Å². The van der Waals surface area contributed by atoms with Crippen LogP contribution in [0.25, 0.3) is 22.2 Å². The number of benzene rings is 1. The summed E-state index contributed by atoms with van der Waals surface area (Å²) in [5.74, 6) is 0.754. The van der Waals surface area contributed by atoms with Crippen molar-refractivity contribution in [2.24, 2.45) is 0 Å². The van der Waals surface area contributed by atoms with Crippen molar-refractivity contribution in [3.63, 3.8) is 0 Å². The maximum atomic E-state index is 14.1. The van der Waals surface area contributed by atoms with Crippen molar-refractivity contribution in [2.45, 2.75) is 70.4 Å². The van der Waals surface area contributed by atoms with Crippen LogP contribution in [0, 0.1) is 5.82 Å². The molecule has 37 heavy (non-hydrogen) atoms. The zero-order valence-electron chi connectivity index (χ0n) is 21.1. The van der Waals surface area contributed by atoms with Gasteiger partial charge in [0.25, 0.3) is 0 Å². The van der Waals surface area contributed by atoms with Gasteiger partial charge in [-0.25, -0.2) is 9.37 Å². The van der Waals surface area contributed by atoms with Crippen LogP contribution in [0.15, 0.2) is 48.9 Å². The number of fused-ring (bicyclic) bond motifs is 1. The highest BCUT2D eigenvalue weighted by atomic mass is 19.1. The smallest absolute Gasteiger partial charge is 0.165 e. The van der Waals surface area contributed by atoms with E-state index in [1.54, 1.807) is 36.0 Å². The van der Waals surface area contributed by atoms with Crippen molar-refractivity contribution in [3.05, 3.63) is 54.7 Å². The van der Waals surface area contributed by atoms with Gasteiger partial charge in [0.2, 0.25) is 0 Å². The number of anilines is 1. The zero-order valence-corrected chi connectivity index (χ0v) is 21.1. The Morgan fingerprint density at radius 2 is 1.95 bits per heavy atom. The Morgan fingerprint density at radius 3 is 2.68 bits per heavy atom. The number of aliphatic hydroxyl groups is 2. The van der Waals surface area contributed by atoms with Crippen LogP contribution in [0.5, 0.6) is 5.75 Å². The molecular formula is C27H33FN6O3. The lowest BCUT2D eigenvalue weighted by Crippen LogP contribution is -2.27. The van der Waals surface area contributed by atoms with E-state index < -0.39 is 12.2 Å². The minimum absolute atomic E-state index is 0.0352. The van der Waals surface area contributed by atoms with Gasteiger partial charge in [-0.2, -0.15) is 10.2 Å². The molecular weight excluding hydrogens is 475 g/mol. The molecule has 3 N–H and O–H groups in total. The summed E-state index contributed by atoms with van der Waals surface area (Å²) in [6.07, 6.45) is 6.90. The van der Waals surface area contributed by atoms with Crippen LogP contribution in [0.1, 0.15) is 45.6 Å². The third kappa shape index (κ3) is 5.45. The third-order valence-electron chi connectivity index (χ3n) is 6.91. The summed E-state index contributed by atoms with van der Waals surface area (Å²) in [5.41, 5.74) is 2.57. The summed E-state index contributed by atoms with van der Waals surface area (Å²) in [4.78, 5) is 4.57. The van der Waals surface area contributed by atoms with Crippen LogP contribution >= 0.6 is 0 Å². The fourth-order valence-corrected chi connectivity index (χ4v) is 4.86. The Labute approximate surface area is 214 Å². The topological polar surface area (TPSA) is 110 Å². The number of hydrogen-bond donors (Lipinski definition) is 3. The molecule has 0 aliphatic heterocycles. The Bertz CT molecular complexity index is 1350. The normalized spacial score (nSPS) is 19.6. The highest BCUT2D eigenvalue weighted by molar-refractivity contribution is 5.93. The van der Waals surface area contributed by atoms with Crippen LogP contribution in [0.4, 0.5) is 10.2 Å². The fourth-order valence-electron chi connectivity index (χ4n) is 4.86. The summed E-state index contributed by atoms with van der Waals surface area (Å²) < 4.78 is 23.7. The second-order valence-corrected chi connectivity index (χ2v) is 9.65. The summed E-state index contributed by atoms with van der Waals surface area (Å²) in [6, 6.07) is 8.73. The highest BCUT2D eigenvalue weighted by Crippen LogP contribution is 2.36. The molecule has 0 radical (unpaired) electrons. The molecule has 0 saturated heterocycles. The first-order valence-corrected chi connectivity index (χ1v) is 12.8. The molecule has 1 fully saturated rings. The third-order valence-corrected chi connectivity index (χ3v) is 6.91. The van der Waals surface area contributed by atoms with Crippen molar-refractivity contribution in [1.82, 2.24) is 24.5 Å². The van der Waals surface area contributed by atoms with E-state index in [-0.39, 0.29) is 24.5 Å². The molecule has 3 heterocycles. The Balaban J connectivity index is 1.40. The molecule has 0 bridgehead atoms. The van der Waals surface area contributed by atoms with Crippen molar-refractivity contribution in [2.75, 3.05) is 11.9 Å². The molecule has 1 saturated carbocycles. The molecule has 10 heteroatoms. The number of aromatic nitrogens is 5. The lowest BCUT2D eigenvalue weighted by Gasteiger charge is -2.29. The molecule has 2 atom stereocenters. The summed E-state index contributed by atoms with van der Waals surface area (Å²) in [7, 11) is 0. The van der Waals surface area contributed by atoms with Crippen molar-refractivity contribution < 1.29 is 19.3 Å². The first-order valence-electron chi connectivity index (χ1n) is 12.8. The van der Waals surface area contributed by atoms with Gasteiger partial charge in [0.05, 0.1) is 42.6 Å². The number of nitrogens with zero attached hydrogens (tertiary/aromatic N) is 5. The van der Waals surface area contributed by atoms with Gasteiger partial charge in [-0.05, 0) is 51.7 Å². The van der Waals surface area contributed by atoms with Gasteiger partial charge in [-0.15, -0.1) is 0 Å². The molecule has 0 unspecified atom stereocenters. The lowest BCUT2D eigenvalue weighted by molar-refractivity contribution is 0.0186. The molecule has 5 rings (SSSR count). The van der Waals surface area contributed by atoms with Gasteiger partial charge in [0, 0.05) is 36.0 Å². The first-order chi connectivity index (χ1) is 17.9. The largest absolute Gasteiger partial charge is 0.487 e. The number of pyridine rings is 1. The SMILES string of the molecule is CCNc1cc2c(cn1)c(-c1cnn(C[C@H](O)[C@H](C)O)c1)nn2[C@H]1CC[C@@H](Oc2ccccc2F)CC1. The molecule has 1 aliphatic carbocycles. The fraction of sp³-hybridized carbons (Fsp3) is 0.444. The van der Waals surface area contributed by atoms with E-state index in [9.17, 15) is 14.6 Å². The van der Waals surface area contributed by atoms with Gasteiger partial charge in [0.1, 0.15) is 11.5 Å². The summed E-state index contributed by atoms with van der Waals surface area (Å²) in [5, 5.41) is 33.2. The predicted octanol–water partition coefficient (Wildman–Crippen LogP) is 4.17. The van der Waals surface area contributed by atoms with Crippen LogP contribution in [0.2, 0.25) is 0 Å². The Hall–Kier alpha value is -3.50. The molecule has 9 nitrogen and oxygen atoms in total. The maximum absolute atomic E-state index is 14.1. The molecule has 1 aliphatic rings. The molecule has 0 spiro atoms. The van der Waals surface area contributed by atoms with Gasteiger partial charge >= 0.3 is 0 Å². The van der Waals surface area contributed by atoms with Crippen molar-refractivity contribution >= 4 is 16.7 Å². The van der Waals surface area contributed by atoms with Gasteiger partial charge in [-0.1, -0.05) is 12.1 Å². The highest BCUT2D eigenvalue weighted by Gasteiger charge is 2.27. The molecule has 0 amide bonds. The Morgan fingerprint density at radius 1 is 1.16 bits per heavy atom. The number of ether oxygens (including phenoxy) is 1. The summed E-state index contributed by atoms with van der Waals surface area (Å²) in [6.45, 7) is 4.52. The van der Waals surface area contributed by atoms with Gasteiger partial charge in [0.15, 0.2) is 11.6 Å². The Kier molecular flexibility index (Phi) is 7.38. The maximum Gasteiger partial charge on any atom is 0.165 e. The number of rotatable bonds is 9. The first kappa shape index (κ1) is 25.2. The quantitative estimate of drug-likeness (QED) is 0.311. The van der Waals surface area contributed by atoms with E-state index in [1.165, 1.54) is 6.07 Å². The predicted molar refractivity (Wildman–Crippen MR) is 139 cm³/mol. The number of para-hydroxylation sites is 1.